The minimum absolute atomic E-state index is 0.0905. The molecule has 2 aromatic carbocycles. The van der Waals surface area contributed by atoms with Gasteiger partial charge in [-0.05, 0) is 48.6 Å². The van der Waals surface area contributed by atoms with Crippen LogP contribution < -0.4 is 5.32 Å². The number of amides is 2. The Balaban J connectivity index is 1.32. The molecule has 1 saturated heterocycles. The number of carbonyl (C=O) groups excluding carboxylic acids is 1. The number of rotatable bonds is 5. The number of halogens is 2. The summed E-state index contributed by atoms with van der Waals surface area (Å²) in [5, 5.41) is 7.53. The third-order valence-electron chi connectivity index (χ3n) is 5.21. The van der Waals surface area contributed by atoms with Gasteiger partial charge in [0, 0.05) is 31.1 Å². The van der Waals surface area contributed by atoms with Gasteiger partial charge in [0.1, 0.15) is 5.82 Å². The van der Waals surface area contributed by atoms with Crippen LogP contribution in [0.4, 0.5) is 9.18 Å². The lowest BCUT2D eigenvalue weighted by Gasteiger charge is -2.32. The van der Waals surface area contributed by atoms with E-state index in [1.54, 1.807) is 30.3 Å². The van der Waals surface area contributed by atoms with E-state index in [-0.39, 0.29) is 23.6 Å². The van der Waals surface area contributed by atoms with Gasteiger partial charge < -0.3 is 14.7 Å². The van der Waals surface area contributed by atoms with Gasteiger partial charge in [-0.2, -0.15) is 4.98 Å². The maximum atomic E-state index is 13.9. The van der Waals surface area contributed by atoms with Crippen molar-refractivity contribution in [1.29, 1.82) is 0 Å². The summed E-state index contributed by atoms with van der Waals surface area (Å²) < 4.78 is 19.2. The SMILES string of the molecule is O=C(NCc1ccc(Cl)cc1)N1CCC[C@H](Cc2nc(-c3ccccc3F)no2)C1. The second-order valence-electron chi connectivity index (χ2n) is 7.44. The van der Waals surface area contributed by atoms with E-state index in [0.717, 1.165) is 18.4 Å². The molecule has 0 saturated carbocycles. The van der Waals surface area contributed by atoms with E-state index in [0.29, 0.717) is 42.5 Å². The largest absolute Gasteiger partial charge is 0.339 e. The van der Waals surface area contributed by atoms with Crippen LogP contribution in [0.3, 0.4) is 0 Å². The zero-order valence-corrected chi connectivity index (χ0v) is 17.1. The van der Waals surface area contributed by atoms with Crippen LogP contribution >= 0.6 is 11.6 Å². The first-order valence-corrected chi connectivity index (χ1v) is 10.3. The van der Waals surface area contributed by atoms with Crippen LogP contribution in [0.5, 0.6) is 0 Å². The predicted octanol–water partition coefficient (Wildman–Crippen LogP) is 4.69. The molecule has 1 aromatic heterocycles. The van der Waals surface area contributed by atoms with Crippen molar-refractivity contribution in [3.05, 3.63) is 70.8 Å². The predicted molar refractivity (Wildman–Crippen MR) is 111 cm³/mol. The zero-order valence-electron chi connectivity index (χ0n) is 16.4. The van der Waals surface area contributed by atoms with E-state index in [4.69, 9.17) is 16.1 Å². The second-order valence-corrected chi connectivity index (χ2v) is 7.87. The minimum Gasteiger partial charge on any atom is -0.339 e. The van der Waals surface area contributed by atoms with Crippen molar-refractivity contribution in [2.75, 3.05) is 13.1 Å². The van der Waals surface area contributed by atoms with Gasteiger partial charge in [-0.3, -0.25) is 0 Å². The Morgan fingerprint density at radius 3 is 2.83 bits per heavy atom. The summed E-state index contributed by atoms with van der Waals surface area (Å²) in [5.41, 5.74) is 1.31. The Kier molecular flexibility index (Phi) is 6.28. The van der Waals surface area contributed by atoms with E-state index >= 15 is 0 Å². The molecule has 3 aromatic rings. The fourth-order valence-electron chi connectivity index (χ4n) is 3.64. The number of piperidine rings is 1. The Labute approximate surface area is 179 Å². The molecule has 0 radical (unpaired) electrons. The first kappa shape index (κ1) is 20.3. The molecule has 156 valence electrons. The summed E-state index contributed by atoms with van der Waals surface area (Å²) in [5.74, 6) is 0.540. The summed E-state index contributed by atoms with van der Waals surface area (Å²) in [4.78, 5) is 18.7. The highest BCUT2D eigenvalue weighted by molar-refractivity contribution is 6.30. The van der Waals surface area contributed by atoms with Gasteiger partial charge in [0.2, 0.25) is 11.7 Å². The van der Waals surface area contributed by atoms with Crippen molar-refractivity contribution >= 4 is 17.6 Å². The standard InChI is InChI=1S/C22H22ClFN4O2/c23-17-9-7-15(8-10-17)13-25-22(29)28-11-3-4-16(14-28)12-20-26-21(27-30-20)18-5-1-2-6-19(18)24/h1-2,5-10,16H,3-4,11-14H2,(H,25,29)/t16-/m1/s1. The summed E-state index contributed by atoms with van der Waals surface area (Å²) in [6.45, 7) is 1.78. The third-order valence-corrected chi connectivity index (χ3v) is 5.46. The van der Waals surface area contributed by atoms with Crippen molar-refractivity contribution in [3.8, 4) is 11.4 Å². The van der Waals surface area contributed by atoms with Crippen LogP contribution in [0.2, 0.25) is 5.02 Å². The maximum Gasteiger partial charge on any atom is 0.317 e. The maximum absolute atomic E-state index is 13.9. The molecule has 1 N–H and O–H groups in total. The molecule has 1 atom stereocenters. The van der Waals surface area contributed by atoms with E-state index in [2.05, 4.69) is 15.5 Å². The van der Waals surface area contributed by atoms with Crippen LogP contribution in [0, 0.1) is 11.7 Å². The van der Waals surface area contributed by atoms with Crippen LogP contribution in [0.25, 0.3) is 11.4 Å². The van der Waals surface area contributed by atoms with Crippen molar-refractivity contribution < 1.29 is 13.7 Å². The molecule has 2 amide bonds. The van der Waals surface area contributed by atoms with Crippen molar-refractivity contribution in [3.63, 3.8) is 0 Å². The van der Waals surface area contributed by atoms with Gasteiger partial charge in [0.05, 0.1) is 5.56 Å². The molecule has 6 nitrogen and oxygen atoms in total. The van der Waals surface area contributed by atoms with Crippen LogP contribution in [-0.2, 0) is 13.0 Å². The van der Waals surface area contributed by atoms with Crippen LogP contribution in [-0.4, -0.2) is 34.2 Å². The topological polar surface area (TPSA) is 71.3 Å². The normalized spacial score (nSPS) is 16.5. The lowest BCUT2D eigenvalue weighted by molar-refractivity contribution is 0.161. The number of hydrogen-bond donors (Lipinski definition) is 1. The fourth-order valence-corrected chi connectivity index (χ4v) is 3.77. The fraction of sp³-hybridized carbons (Fsp3) is 0.318. The van der Waals surface area contributed by atoms with E-state index < -0.39 is 0 Å². The second kappa shape index (κ2) is 9.26. The number of urea groups is 1. The quantitative estimate of drug-likeness (QED) is 0.639. The Bertz CT molecular complexity index is 1010. The summed E-state index contributed by atoms with van der Waals surface area (Å²) in [7, 11) is 0. The zero-order chi connectivity index (χ0) is 20.9. The molecule has 30 heavy (non-hydrogen) atoms. The average Bonchev–Trinajstić information content (AvgIpc) is 3.22. The summed E-state index contributed by atoms with van der Waals surface area (Å²) in [6.07, 6.45) is 2.44. The highest BCUT2D eigenvalue weighted by Gasteiger charge is 2.25. The van der Waals surface area contributed by atoms with Gasteiger partial charge in [0.25, 0.3) is 0 Å². The number of nitrogens with one attached hydrogen (secondary N) is 1. The average molecular weight is 429 g/mol. The molecular weight excluding hydrogens is 407 g/mol. The third kappa shape index (κ3) is 4.97. The van der Waals surface area contributed by atoms with E-state index in [1.165, 1.54) is 6.07 Å². The molecule has 0 unspecified atom stereocenters. The Morgan fingerprint density at radius 2 is 2.03 bits per heavy atom. The molecule has 1 fully saturated rings. The number of hydrogen-bond acceptors (Lipinski definition) is 4. The molecule has 4 rings (SSSR count). The molecule has 8 heteroatoms. The highest BCUT2D eigenvalue weighted by atomic mass is 35.5. The van der Waals surface area contributed by atoms with Crippen LogP contribution in [0.1, 0.15) is 24.3 Å². The van der Waals surface area contributed by atoms with E-state index in [9.17, 15) is 9.18 Å². The smallest absolute Gasteiger partial charge is 0.317 e. The molecule has 2 heterocycles. The first-order valence-electron chi connectivity index (χ1n) is 9.93. The Hall–Kier alpha value is -2.93. The van der Waals surface area contributed by atoms with Crippen molar-refractivity contribution in [2.45, 2.75) is 25.8 Å². The van der Waals surface area contributed by atoms with Gasteiger partial charge in [-0.15, -0.1) is 0 Å². The molecule has 1 aliphatic rings. The van der Waals surface area contributed by atoms with Crippen molar-refractivity contribution in [2.24, 2.45) is 5.92 Å². The number of likely N-dealkylation sites (tertiary alicyclic amines) is 1. The highest BCUT2D eigenvalue weighted by Crippen LogP contribution is 2.23. The molecule has 0 aliphatic carbocycles. The Morgan fingerprint density at radius 1 is 1.23 bits per heavy atom. The molecule has 0 spiro atoms. The molecule has 0 bridgehead atoms. The first-order chi connectivity index (χ1) is 14.6. The van der Waals surface area contributed by atoms with Gasteiger partial charge in [-0.25, -0.2) is 9.18 Å². The molecular formula is C22H22ClFN4O2. The number of aromatic nitrogens is 2. The van der Waals surface area contributed by atoms with E-state index in [1.807, 2.05) is 17.0 Å². The van der Waals surface area contributed by atoms with Gasteiger partial charge in [-0.1, -0.05) is 41.0 Å². The minimum atomic E-state index is -0.383. The van der Waals surface area contributed by atoms with Crippen LogP contribution in [0.15, 0.2) is 53.1 Å². The summed E-state index contributed by atoms with van der Waals surface area (Å²) >= 11 is 5.89. The monoisotopic (exact) mass is 428 g/mol. The number of benzene rings is 2. The van der Waals surface area contributed by atoms with Gasteiger partial charge in [0.15, 0.2) is 0 Å². The van der Waals surface area contributed by atoms with Crippen molar-refractivity contribution in [1.82, 2.24) is 20.4 Å². The number of nitrogens with zero attached hydrogens (tertiary/aromatic N) is 3. The molecule has 1 aliphatic heterocycles. The lowest BCUT2D eigenvalue weighted by Crippen LogP contribution is -2.45. The summed E-state index contributed by atoms with van der Waals surface area (Å²) in [6, 6.07) is 13.6. The van der Waals surface area contributed by atoms with Gasteiger partial charge >= 0.3 is 6.03 Å². The lowest BCUT2D eigenvalue weighted by atomic mass is 9.95. The number of carbonyl (C=O) groups is 1.